The number of imide groups is 1. The minimum absolute atomic E-state index is 0.0950. The Labute approximate surface area is 216 Å². The summed E-state index contributed by atoms with van der Waals surface area (Å²) < 4.78 is 17.8. The molecule has 1 heterocycles. The van der Waals surface area contributed by atoms with Crippen LogP contribution in [-0.4, -0.2) is 42.4 Å². The molecule has 0 atom stereocenters. The molecule has 1 fully saturated rings. The number of hydrogen-bond donors (Lipinski definition) is 0. The Hall–Kier alpha value is -3.41. The molecule has 0 radical (unpaired) electrons. The van der Waals surface area contributed by atoms with Crippen LogP contribution in [0.1, 0.15) is 12.5 Å². The van der Waals surface area contributed by atoms with Gasteiger partial charge in [-0.05, 0) is 69.8 Å². The van der Waals surface area contributed by atoms with Crippen LogP contribution in [-0.2, 0) is 4.79 Å². The van der Waals surface area contributed by atoms with E-state index in [2.05, 4.69) is 21.9 Å². The number of ether oxygens (including phenoxy) is 3. The van der Waals surface area contributed by atoms with Crippen molar-refractivity contribution in [2.45, 2.75) is 6.92 Å². The van der Waals surface area contributed by atoms with E-state index in [0.29, 0.717) is 38.8 Å². The van der Waals surface area contributed by atoms with E-state index in [4.69, 9.17) is 20.6 Å². The maximum absolute atomic E-state index is 12.9. The summed E-state index contributed by atoms with van der Waals surface area (Å²) in [6, 6.07) is 17.2. The predicted octanol–water partition coefficient (Wildman–Crippen LogP) is 6.13. The molecular weight excluding hydrogens is 530 g/mol. The number of nitrogens with zero attached hydrogens (tertiary/aromatic N) is 1. The minimum Gasteiger partial charge on any atom is -0.491 e. The highest BCUT2D eigenvalue weighted by Crippen LogP contribution is 2.39. The van der Waals surface area contributed by atoms with Crippen molar-refractivity contribution in [2.24, 2.45) is 0 Å². The van der Waals surface area contributed by atoms with Crippen LogP contribution in [0.15, 0.2) is 64.0 Å². The highest BCUT2D eigenvalue weighted by molar-refractivity contribution is 9.10. The second-order valence-electron chi connectivity index (χ2n) is 7.41. The number of halogens is 1. The van der Waals surface area contributed by atoms with Crippen molar-refractivity contribution < 1.29 is 23.8 Å². The zero-order chi connectivity index (χ0) is 24.8. The lowest BCUT2D eigenvalue weighted by atomic mass is 10.1. The van der Waals surface area contributed by atoms with E-state index < -0.39 is 0 Å². The monoisotopic (exact) mass is 551 g/mol. The normalized spacial score (nSPS) is 14.4. The van der Waals surface area contributed by atoms with E-state index in [1.54, 1.807) is 18.2 Å². The standard InChI is InChI=1S/C27H22BrNO5S/c1-3-13-34-25-21(28)15-18(16-23(25)32-4-2)17-24-26(30)29(27(31)35-24)12-14-33-22-11-7-9-19-8-5-6-10-20(19)22/h1,5-11,15-17H,4,12-14H2,2H3/b24-17-. The molecule has 3 aromatic rings. The van der Waals surface area contributed by atoms with Gasteiger partial charge < -0.3 is 14.2 Å². The molecule has 0 unspecified atom stereocenters. The Morgan fingerprint density at radius 2 is 1.86 bits per heavy atom. The molecule has 0 saturated carbocycles. The number of hydrogen-bond acceptors (Lipinski definition) is 6. The molecule has 8 heteroatoms. The van der Waals surface area contributed by atoms with Gasteiger partial charge in [0, 0.05) is 5.39 Å². The van der Waals surface area contributed by atoms with E-state index in [-0.39, 0.29) is 30.9 Å². The number of fused-ring (bicyclic) bond motifs is 1. The molecule has 1 aliphatic heterocycles. The average molecular weight is 552 g/mol. The highest BCUT2D eigenvalue weighted by Gasteiger charge is 2.35. The molecule has 1 saturated heterocycles. The molecule has 178 valence electrons. The molecule has 0 bridgehead atoms. The van der Waals surface area contributed by atoms with Gasteiger partial charge >= 0.3 is 0 Å². The first-order valence-corrected chi connectivity index (χ1v) is 12.5. The topological polar surface area (TPSA) is 65.1 Å². The van der Waals surface area contributed by atoms with Gasteiger partial charge in [-0.2, -0.15) is 0 Å². The van der Waals surface area contributed by atoms with Gasteiger partial charge in [0.25, 0.3) is 11.1 Å². The van der Waals surface area contributed by atoms with Gasteiger partial charge in [0.1, 0.15) is 19.0 Å². The third-order valence-electron chi connectivity index (χ3n) is 5.12. The first-order valence-electron chi connectivity index (χ1n) is 10.9. The molecule has 0 aliphatic carbocycles. The maximum Gasteiger partial charge on any atom is 0.293 e. The molecule has 0 aromatic heterocycles. The lowest BCUT2D eigenvalue weighted by Crippen LogP contribution is -2.32. The van der Waals surface area contributed by atoms with E-state index >= 15 is 0 Å². The molecule has 0 N–H and O–H groups in total. The fourth-order valence-corrected chi connectivity index (χ4v) is 5.04. The number of carbonyl (C=O) groups excluding carboxylic acids is 2. The molecule has 0 spiro atoms. The van der Waals surface area contributed by atoms with Crippen molar-refractivity contribution in [2.75, 3.05) is 26.4 Å². The Kier molecular flexibility index (Phi) is 8.01. The Bertz CT molecular complexity index is 1340. The second kappa shape index (κ2) is 11.3. The van der Waals surface area contributed by atoms with Crippen molar-refractivity contribution in [3.8, 4) is 29.6 Å². The van der Waals surface area contributed by atoms with Gasteiger partial charge in [-0.1, -0.05) is 42.3 Å². The fourth-order valence-electron chi connectivity index (χ4n) is 3.60. The number of amides is 2. The van der Waals surface area contributed by atoms with Crippen molar-refractivity contribution in [1.29, 1.82) is 0 Å². The summed E-state index contributed by atoms with van der Waals surface area (Å²) in [6.07, 6.45) is 6.96. The van der Waals surface area contributed by atoms with Crippen molar-refractivity contribution >= 4 is 55.7 Å². The SMILES string of the molecule is C#CCOc1c(Br)cc(/C=C2\SC(=O)N(CCOc3cccc4ccccc34)C2=O)cc1OCC. The molecule has 3 aromatic carbocycles. The first kappa shape index (κ1) is 24.7. The van der Waals surface area contributed by atoms with E-state index in [9.17, 15) is 9.59 Å². The van der Waals surface area contributed by atoms with Gasteiger partial charge in [-0.25, -0.2) is 0 Å². The van der Waals surface area contributed by atoms with Gasteiger partial charge in [0.05, 0.1) is 22.5 Å². The van der Waals surface area contributed by atoms with Crippen LogP contribution < -0.4 is 14.2 Å². The number of carbonyl (C=O) groups is 2. The van der Waals surface area contributed by atoms with E-state index in [0.717, 1.165) is 22.5 Å². The summed E-state index contributed by atoms with van der Waals surface area (Å²) in [7, 11) is 0. The van der Waals surface area contributed by atoms with Gasteiger partial charge in [0.15, 0.2) is 11.5 Å². The highest BCUT2D eigenvalue weighted by atomic mass is 79.9. The van der Waals surface area contributed by atoms with Crippen molar-refractivity contribution in [3.05, 3.63) is 69.5 Å². The summed E-state index contributed by atoms with van der Waals surface area (Å²) in [5.74, 6) is 3.76. The summed E-state index contributed by atoms with van der Waals surface area (Å²) in [6.45, 7) is 2.73. The Balaban J connectivity index is 1.47. The lowest BCUT2D eigenvalue weighted by molar-refractivity contribution is -0.123. The van der Waals surface area contributed by atoms with Crippen LogP contribution in [0.2, 0.25) is 0 Å². The zero-order valence-electron chi connectivity index (χ0n) is 19.0. The maximum atomic E-state index is 12.9. The summed E-state index contributed by atoms with van der Waals surface area (Å²) >= 11 is 4.37. The third kappa shape index (κ3) is 5.64. The number of thioether (sulfide) groups is 1. The van der Waals surface area contributed by atoms with Crippen LogP contribution in [0, 0.1) is 12.3 Å². The van der Waals surface area contributed by atoms with Gasteiger partial charge in [0.2, 0.25) is 0 Å². The number of terminal acetylenes is 1. The molecule has 2 amide bonds. The average Bonchev–Trinajstić information content (AvgIpc) is 3.11. The lowest BCUT2D eigenvalue weighted by Gasteiger charge is -2.14. The van der Waals surface area contributed by atoms with Crippen molar-refractivity contribution in [1.82, 2.24) is 4.90 Å². The fraction of sp³-hybridized carbons (Fsp3) is 0.185. The van der Waals surface area contributed by atoms with Gasteiger partial charge in [-0.15, -0.1) is 6.42 Å². The van der Waals surface area contributed by atoms with Crippen molar-refractivity contribution in [3.63, 3.8) is 0 Å². The van der Waals surface area contributed by atoms with Crippen LogP contribution >= 0.6 is 27.7 Å². The number of rotatable bonds is 9. The van der Waals surface area contributed by atoms with Crippen LogP contribution in [0.3, 0.4) is 0 Å². The summed E-state index contributed by atoms with van der Waals surface area (Å²) in [4.78, 5) is 27.0. The van der Waals surface area contributed by atoms with Crippen LogP contribution in [0.25, 0.3) is 16.8 Å². The zero-order valence-corrected chi connectivity index (χ0v) is 21.4. The minimum atomic E-state index is -0.358. The third-order valence-corrected chi connectivity index (χ3v) is 6.62. The Morgan fingerprint density at radius 1 is 1.06 bits per heavy atom. The summed E-state index contributed by atoms with van der Waals surface area (Å²) in [5, 5.41) is 1.71. The van der Waals surface area contributed by atoms with E-state index in [1.165, 1.54) is 4.90 Å². The molecular formula is C27H22BrNO5S. The van der Waals surface area contributed by atoms with Crippen LogP contribution in [0.4, 0.5) is 4.79 Å². The number of benzene rings is 3. The van der Waals surface area contributed by atoms with Crippen LogP contribution in [0.5, 0.6) is 17.2 Å². The van der Waals surface area contributed by atoms with E-state index in [1.807, 2.05) is 49.4 Å². The summed E-state index contributed by atoms with van der Waals surface area (Å²) in [5.41, 5.74) is 0.686. The molecule has 35 heavy (non-hydrogen) atoms. The second-order valence-corrected chi connectivity index (χ2v) is 9.26. The molecule has 6 nitrogen and oxygen atoms in total. The largest absolute Gasteiger partial charge is 0.491 e. The molecule has 4 rings (SSSR count). The smallest absolute Gasteiger partial charge is 0.293 e. The Morgan fingerprint density at radius 3 is 2.66 bits per heavy atom. The quantitative estimate of drug-likeness (QED) is 0.235. The van der Waals surface area contributed by atoms with Gasteiger partial charge in [-0.3, -0.25) is 14.5 Å². The molecule has 1 aliphatic rings. The predicted molar refractivity (Wildman–Crippen MR) is 142 cm³/mol. The first-order chi connectivity index (χ1) is 17.0.